The van der Waals surface area contributed by atoms with Gasteiger partial charge in [-0.05, 0) is 71.3 Å². The second-order valence-corrected chi connectivity index (χ2v) is 6.45. The zero-order valence-electron chi connectivity index (χ0n) is 13.8. The van der Waals surface area contributed by atoms with Gasteiger partial charge in [0, 0.05) is 12.1 Å². The molecular weight excluding hydrogens is 376 g/mol. The molecule has 0 bridgehead atoms. The molecule has 2 rings (SSSR count). The molecule has 0 atom stereocenters. The van der Waals surface area contributed by atoms with Gasteiger partial charge < -0.3 is 15.4 Å². The Kier molecular flexibility index (Phi) is 5.71. The average molecular weight is 395 g/mol. The molecule has 1 aromatic heterocycles. The third kappa shape index (κ3) is 4.19. The lowest BCUT2D eigenvalue weighted by molar-refractivity contribution is -0.390. The molecule has 0 fully saturated rings. The third-order valence-corrected chi connectivity index (χ3v) is 4.78. The van der Waals surface area contributed by atoms with Crippen LogP contribution in [0.4, 0.5) is 11.5 Å². The number of hydrogen-bond acceptors (Lipinski definition) is 4. The number of carbonyl (C=O) groups is 1. The van der Waals surface area contributed by atoms with Crippen LogP contribution in [0.3, 0.4) is 0 Å². The molecule has 1 amide bonds. The number of halogens is 1. The van der Waals surface area contributed by atoms with E-state index in [1.165, 1.54) is 5.56 Å². The fourth-order valence-corrected chi connectivity index (χ4v) is 2.70. The molecule has 0 saturated heterocycles. The number of aromatic nitrogens is 2. The van der Waals surface area contributed by atoms with Crippen LogP contribution >= 0.6 is 15.9 Å². The molecule has 1 heterocycles. The van der Waals surface area contributed by atoms with Crippen molar-refractivity contribution in [3.8, 4) is 0 Å². The summed E-state index contributed by atoms with van der Waals surface area (Å²) < 4.78 is 1.93. The normalized spacial score (nSPS) is 10.7. The first-order valence-electron chi connectivity index (χ1n) is 7.54. The van der Waals surface area contributed by atoms with E-state index in [2.05, 4.69) is 26.3 Å². The maximum atomic E-state index is 12.0. The molecule has 2 aromatic rings. The highest BCUT2D eigenvalue weighted by atomic mass is 79.9. The van der Waals surface area contributed by atoms with Gasteiger partial charge in [0.15, 0.2) is 0 Å². The maximum Gasteiger partial charge on any atom is 0.404 e. The predicted molar refractivity (Wildman–Crippen MR) is 95.1 cm³/mol. The summed E-state index contributed by atoms with van der Waals surface area (Å²) in [5.74, 6) is -0.288. The Balaban J connectivity index is 1.90. The minimum absolute atomic E-state index is 0.0865. The van der Waals surface area contributed by atoms with Crippen LogP contribution in [-0.4, -0.2) is 20.6 Å². The molecule has 7 nitrogen and oxygen atoms in total. The largest absolute Gasteiger partial charge is 0.404 e. The number of hydrogen-bond donors (Lipinski definition) is 1. The molecule has 1 aromatic carbocycles. The Labute approximate surface area is 148 Å². The molecule has 0 aliphatic heterocycles. The van der Waals surface area contributed by atoms with Crippen LogP contribution < -0.4 is 5.32 Å². The Morgan fingerprint density at radius 2 is 2.04 bits per heavy atom. The lowest BCUT2D eigenvalue weighted by atomic mass is 10.1. The highest BCUT2D eigenvalue weighted by molar-refractivity contribution is 9.10. The summed E-state index contributed by atoms with van der Waals surface area (Å²) in [7, 11) is 0. The number of carbonyl (C=O) groups excluding carboxylic acids is 1. The molecule has 0 radical (unpaired) electrons. The highest BCUT2D eigenvalue weighted by Crippen LogP contribution is 2.27. The molecule has 1 N–H and O–H groups in total. The molecule has 8 heteroatoms. The Morgan fingerprint density at radius 1 is 1.33 bits per heavy atom. The summed E-state index contributed by atoms with van der Waals surface area (Å²) in [6.45, 7) is 6.21. The van der Waals surface area contributed by atoms with Gasteiger partial charge in [-0.3, -0.25) is 4.79 Å². The summed E-state index contributed by atoms with van der Waals surface area (Å²) in [5, 5.41) is 17.7. The fourth-order valence-electron chi connectivity index (χ4n) is 2.27. The summed E-state index contributed by atoms with van der Waals surface area (Å²) >= 11 is 3.17. The van der Waals surface area contributed by atoms with Crippen LogP contribution in [0.5, 0.6) is 0 Å². The van der Waals surface area contributed by atoms with Crippen molar-refractivity contribution < 1.29 is 9.72 Å². The molecule has 24 heavy (non-hydrogen) atoms. The van der Waals surface area contributed by atoms with Gasteiger partial charge in [0.25, 0.3) is 0 Å². The number of nitro groups is 1. The van der Waals surface area contributed by atoms with Crippen molar-refractivity contribution in [1.29, 1.82) is 0 Å². The standard InChI is InChI=1S/C16H19BrN4O3/c1-10-6-7-13(9-11(10)2)18-14(22)5-4-8-20-12(3)15(17)16(19-20)21(23)24/h6-7,9H,4-5,8H2,1-3H3,(H,18,22). The van der Waals surface area contributed by atoms with Crippen molar-refractivity contribution in [3.05, 3.63) is 49.6 Å². The second kappa shape index (κ2) is 7.57. The second-order valence-electron chi connectivity index (χ2n) is 5.65. The van der Waals surface area contributed by atoms with E-state index in [4.69, 9.17) is 0 Å². The minimum Gasteiger partial charge on any atom is -0.358 e. The van der Waals surface area contributed by atoms with Crippen molar-refractivity contribution in [3.63, 3.8) is 0 Å². The predicted octanol–water partition coefficient (Wildman–Crippen LogP) is 3.90. The SMILES string of the molecule is Cc1ccc(NC(=O)CCCn2nc([N+](=O)[O-])c(Br)c2C)cc1C. The van der Waals surface area contributed by atoms with E-state index >= 15 is 0 Å². The van der Waals surface area contributed by atoms with Crippen molar-refractivity contribution in [1.82, 2.24) is 9.78 Å². The number of amides is 1. The van der Waals surface area contributed by atoms with E-state index in [9.17, 15) is 14.9 Å². The van der Waals surface area contributed by atoms with Gasteiger partial charge in [-0.15, -0.1) is 0 Å². The van der Waals surface area contributed by atoms with Gasteiger partial charge in [-0.1, -0.05) is 6.07 Å². The van der Waals surface area contributed by atoms with Gasteiger partial charge >= 0.3 is 5.82 Å². The average Bonchev–Trinajstić information content (AvgIpc) is 2.79. The van der Waals surface area contributed by atoms with Gasteiger partial charge in [0.2, 0.25) is 5.91 Å². The zero-order chi connectivity index (χ0) is 17.9. The first-order chi connectivity index (χ1) is 11.3. The lowest BCUT2D eigenvalue weighted by Crippen LogP contribution is -2.13. The van der Waals surface area contributed by atoms with Crippen LogP contribution in [0.25, 0.3) is 0 Å². The first kappa shape index (κ1) is 18.1. The van der Waals surface area contributed by atoms with Gasteiger partial charge in [-0.2, -0.15) is 4.68 Å². The van der Waals surface area contributed by atoms with E-state index in [0.29, 0.717) is 29.6 Å². The topological polar surface area (TPSA) is 90.1 Å². The van der Waals surface area contributed by atoms with Gasteiger partial charge in [0.05, 0.1) is 17.3 Å². The number of anilines is 1. The Morgan fingerprint density at radius 3 is 2.62 bits per heavy atom. The van der Waals surface area contributed by atoms with Crippen molar-refractivity contribution >= 4 is 33.3 Å². The molecule has 0 aliphatic rings. The number of rotatable bonds is 6. The van der Waals surface area contributed by atoms with Crippen LogP contribution in [0.2, 0.25) is 0 Å². The first-order valence-corrected chi connectivity index (χ1v) is 8.33. The monoisotopic (exact) mass is 394 g/mol. The molecule has 0 unspecified atom stereocenters. The number of aryl methyl sites for hydroxylation is 3. The van der Waals surface area contributed by atoms with E-state index in [1.54, 1.807) is 11.6 Å². The molecule has 128 valence electrons. The highest BCUT2D eigenvalue weighted by Gasteiger charge is 2.23. The molecule has 0 aliphatic carbocycles. The molecular formula is C16H19BrN4O3. The third-order valence-electron chi connectivity index (χ3n) is 3.85. The Bertz CT molecular complexity index is 786. The number of nitrogens with one attached hydrogen (secondary N) is 1. The molecule has 0 saturated carbocycles. The lowest BCUT2D eigenvalue weighted by Gasteiger charge is -2.07. The van der Waals surface area contributed by atoms with Crippen LogP contribution in [0, 0.1) is 30.9 Å². The van der Waals surface area contributed by atoms with Crippen LogP contribution in [0.15, 0.2) is 22.7 Å². The summed E-state index contributed by atoms with van der Waals surface area (Å²) in [6.07, 6.45) is 0.862. The molecule has 0 spiro atoms. The number of nitrogens with zero attached hydrogens (tertiary/aromatic N) is 3. The zero-order valence-corrected chi connectivity index (χ0v) is 15.4. The Hall–Kier alpha value is -2.22. The van der Waals surface area contributed by atoms with E-state index in [-0.39, 0.29) is 11.7 Å². The van der Waals surface area contributed by atoms with E-state index < -0.39 is 4.92 Å². The van der Waals surface area contributed by atoms with E-state index in [1.807, 2.05) is 32.0 Å². The van der Waals surface area contributed by atoms with Crippen molar-refractivity contribution in [2.75, 3.05) is 5.32 Å². The van der Waals surface area contributed by atoms with E-state index in [0.717, 1.165) is 11.3 Å². The van der Waals surface area contributed by atoms with Gasteiger partial charge in [-0.25, -0.2) is 0 Å². The minimum atomic E-state index is -0.528. The number of benzene rings is 1. The summed E-state index contributed by atoms with van der Waals surface area (Å²) in [6, 6.07) is 5.78. The van der Waals surface area contributed by atoms with Gasteiger partial charge in [0.1, 0.15) is 4.47 Å². The smallest absolute Gasteiger partial charge is 0.358 e. The van der Waals surface area contributed by atoms with Crippen molar-refractivity contribution in [2.24, 2.45) is 0 Å². The van der Waals surface area contributed by atoms with Crippen LogP contribution in [0.1, 0.15) is 29.7 Å². The fraction of sp³-hybridized carbons (Fsp3) is 0.375. The van der Waals surface area contributed by atoms with Crippen LogP contribution in [-0.2, 0) is 11.3 Å². The van der Waals surface area contributed by atoms with Crippen molar-refractivity contribution in [2.45, 2.75) is 40.2 Å². The summed E-state index contributed by atoms with van der Waals surface area (Å²) in [4.78, 5) is 22.3. The maximum absolute atomic E-state index is 12.0. The quantitative estimate of drug-likeness (QED) is 0.593. The summed E-state index contributed by atoms with van der Waals surface area (Å²) in [5.41, 5.74) is 3.75.